The van der Waals surface area contributed by atoms with Gasteiger partial charge in [0.05, 0.1) is 12.8 Å². The molecule has 0 radical (unpaired) electrons. The molecule has 3 atom stereocenters. The van der Waals surface area contributed by atoms with Crippen LogP contribution in [0.3, 0.4) is 0 Å². The predicted octanol–water partition coefficient (Wildman–Crippen LogP) is 8.87. The molecule has 3 unspecified atom stereocenters. The van der Waals surface area contributed by atoms with Crippen molar-refractivity contribution in [1.29, 1.82) is 0 Å². The first-order valence-electron chi connectivity index (χ1n) is 17.6. The van der Waals surface area contributed by atoms with Crippen molar-refractivity contribution in [1.82, 2.24) is 0 Å². The lowest BCUT2D eigenvalue weighted by molar-refractivity contribution is -0.273. The number of unbranched alkanes of at least 4 members (excludes halogenated alkanes) is 18. The van der Waals surface area contributed by atoms with Gasteiger partial charge < -0.3 is 19.3 Å². The average Bonchev–Trinajstić information content (AvgIpc) is 2.99. The van der Waals surface area contributed by atoms with Crippen LogP contribution in [0.1, 0.15) is 181 Å². The van der Waals surface area contributed by atoms with E-state index in [1.165, 1.54) is 89.9 Å². The fraction of sp³-hybridized carbons (Fsp3) is 0.914. The molecule has 0 spiro atoms. The smallest absolute Gasteiger partial charge is 0.342 e. The average molecular weight is 595 g/mol. The molecule has 2 fully saturated rings. The second-order valence-corrected chi connectivity index (χ2v) is 13.5. The Morgan fingerprint density at radius 1 is 0.667 bits per heavy atom. The summed E-state index contributed by atoms with van der Waals surface area (Å²) in [7, 11) is 0. The lowest BCUT2D eigenvalue weighted by Crippen LogP contribution is -2.55. The third kappa shape index (κ3) is 13.8. The van der Waals surface area contributed by atoms with Gasteiger partial charge in [-0.15, -0.1) is 0 Å². The first-order chi connectivity index (χ1) is 20.2. The van der Waals surface area contributed by atoms with E-state index in [4.69, 9.17) is 14.2 Å². The van der Waals surface area contributed by atoms with Crippen molar-refractivity contribution in [3.8, 4) is 0 Å². The zero-order chi connectivity index (χ0) is 30.7. The summed E-state index contributed by atoms with van der Waals surface area (Å²) in [6.45, 7) is 6.75. The van der Waals surface area contributed by atoms with Gasteiger partial charge in [-0.25, -0.2) is 4.79 Å². The topological polar surface area (TPSA) is 99.1 Å². The van der Waals surface area contributed by atoms with E-state index in [1.807, 2.05) is 0 Å². The standard InChI is InChI=1S/C35H62O7/c1-4-5-6-7-8-9-10-11-12-13-14-17-20-23-26-35-30(25-22-19-16-15-18-21-24-29(2)3)40-31(36)27-34(39,33(38)42-35)28-32(37)41-35/h29-30,39H,4-28H2,1-3H3. The summed E-state index contributed by atoms with van der Waals surface area (Å²) >= 11 is 0. The molecule has 0 saturated carbocycles. The third-order valence-electron chi connectivity index (χ3n) is 8.95. The lowest BCUT2D eigenvalue weighted by Gasteiger charge is -2.39. The van der Waals surface area contributed by atoms with Crippen LogP contribution in [0.25, 0.3) is 0 Å². The molecule has 1 N–H and O–H groups in total. The molecule has 42 heavy (non-hydrogen) atoms. The van der Waals surface area contributed by atoms with Crippen LogP contribution in [-0.4, -0.2) is 40.5 Å². The number of ether oxygens (including phenoxy) is 3. The monoisotopic (exact) mass is 594 g/mol. The second-order valence-electron chi connectivity index (χ2n) is 13.5. The molecule has 0 aromatic rings. The van der Waals surface area contributed by atoms with Gasteiger partial charge in [-0.3, -0.25) is 9.59 Å². The maximum Gasteiger partial charge on any atom is 0.342 e. The van der Waals surface area contributed by atoms with Gasteiger partial charge in [0.25, 0.3) is 5.79 Å². The number of hydrogen-bond donors (Lipinski definition) is 1. The van der Waals surface area contributed by atoms with E-state index in [-0.39, 0.29) is 6.42 Å². The number of hydrogen-bond acceptors (Lipinski definition) is 7. The second kappa shape index (κ2) is 20.3. The van der Waals surface area contributed by atoms with Crippen LogP contribution in [0, 0.1) is 5.92 Å². The number of fused-ring (bicyclic) bond motifs is 3. The van der Waals surface area contributed by atoms with Gasteiger partial charge in [-0.2, -0.15) is 0 Å². The molecule has 2 aliphatic heterocycles. The Bertz CT molecular complexity index is 781. The third-order valence-corrected chi connectivity index (χ3v) is 8.95. The first kappa shape index (κ1) is 36.6. The van der Waals surface area contributed by atoms with Crippen LogP contribution in [0.5, 0.6) is 0 Å². The first-order valence-corrected chi connectivity index (χ1v) is 17.6. The number of carbonyl (C=O) groups is 3. The van der Waals surface area contributed by atoms with Gasteiger partial charge in [0.1, 0.15) is 0 Å². The quantitative estimate of drug-likeness (QED) is 0.0880. The molecule has 0 aromatic heterocycles. The van der Waals surface area contributed by atoms with Crippen molar-refractivity contribution < 1.29 is 33.7 Å². The number of cyclic esters (lactones) is 1. The van der Waals surface area contributed by atoms with Crippen molar-refractivity contribution in [2.24, 2.45) is 5.92 Å². The van der Waals surface area contributed by atoms with Gasteiger partial charge >= 0.3 is 17.9 Å². The Kier molecular flexibility index (Phi) is 17.7. The molecule has 0 aliphatic carbocycles. The minimum absolute atomic E-state index is 0.270. The highest BCUT2D eigenvalue weighted by molar-refractivity contribution is 5.92. The van der Waals surface area contributed by atoms with Gasteiger partial charge in [-0.05, 0) is 25.2 Å². The van der Waals surface area contributed by atoms with Crippen molar-refractivity contribution in [2.75, 3.05) is 0 Å². The summed E-state index contributed by atoms with van der Waals surface area (Å²) in [6, 6.07) is 0. The van der Waals surface area contributed by atoms with Gasteiger partial charge in [0.15, 0.2) is 11.7 Å². The molecule has 2 bridgehead atoms. The summed E-state index contributed by atoms with van der Waals surface area (Å²) in [6.07, 6.45) is 23.4. The molecule has 7 nitrogen and oxygen atoms in total. The van der Waals surface area contributed by atoms with Crippen LogP contribution >= 0.6 is 0 Å². The van der Waals surface area contributed by atoms with Crippen molar-refractivity contribution in [3.05, 3.63) is 0 Å². The Morgan fingerprint density at radius 2 is 1.14 bits per heavy atom. The van der Waals surface area contributed by atoms with Crippen LogP contribution in [-0.2, 0) is 28.6 Å². The van der Waals surface area contributed by atoms with Crippen LogP contribution in [0.4, 0.5) is 0 Å². The van der Waals surface area contributed by atoms with E-state index in [9.17, 15) is 19.5 Å². The summed E-state index contributed by atoms with van der Waals surface area (Å²) in [5.74, 6) is -3.29. The lowest BCUT2D eigenvalue weighted by atomic mass is 9.93. The SMILES string of the molecule is CCCCCCCCCCCCCCCCC12OC(=O)CC(O)(CC(=O)OC1CCCCCCCCC(C)C)C(=O)O2. The van der Waals surface area contributed by atoms with Gasteiger partial charge in [0, 0.05) is 6.42 Å². The van der Waals surface area contributed by atoms with Crippen LogP contribution in [0.15, 0.2) is 0 Å². The molecule has 2 rings (SSSR count). The number of esters is 3. The molecule has 2 aliphatic rings. The molecule has 244 valence electrons. The summed E-state index contributed by atoms with van der Waals surface area (Å²) < 4.78 is 17.3. The molecule has 0 amide bonds. The number of rotatable bonds is 24. The molecular weight excluding hydrogens is 532 g/mol. The Balaban J connectivity index is 1.80. The maximum absolute atomic E-state index is 13.0. The zero-order valence-corrected chi connectivity index (χ0v) is 27.2. The van der Waals surface area contributed by atoms with Crippen molar-refractivity contribution >= 4 is 17.9 Å². The molecular formula is C35H62O7. The molecule has 7 heteroatoms. The maximum atomic E-state index is 13.0. The summed E-state index contributed by atoms with van der Waals surface area (Å²) in [5, 5.41) is 10.8. The fourth-order valence-electron chi connectivity index (χ4n) is 6.30. The molecule has 2 saturated heterocycles. The zero-order valence-electron chi connectivity index (χ0n) is 27.2. The number of carbonyl (C=O) groups excluding carboxylic acids is 3. The van der Waals surface area contributed by atoms with Gasteiger partial charge in [-0.1, -0.05) is 143 Å². The summed E-state index contributed by atoms with van der Waals surface area (Å²) in [4.78, 5) is 38.4. The van der Waals surface area contributed by atoms with E-state index < -0.39 is 48.2 Å². The van der Waals surface area contributed by atoms with E-state index in [2.05, 4.69) is 20.8 Å². The Morgan fingerprint density at radius 3 is 1.69 bits per heavy atom. The minimum Gasteiger partial charge on any atom is -0.454 e. The van der Waals surface area contributed by atoms with E-state index in [0.717, 1.165) is 44.4 Å². The normalized spacial score (nSPS) is 24.2. The highest BCUT2D eigenvalue weighted by atomic mass is 16.8. The predicted molar refractivity (Wildman–Crippen MR) is 166 cm³/mol. The highest BCUT2D eigenvalue weighted by Gasteiger charge is 2.58. The highest BCUT2D eigenvalue weighted by Crippen LogP contribution is 2.40. The van der Waals surface area contributed by atoms with E-state index in [1.54, 1.807) is 0 Å². The van der Waals surface area contributed by atoms with Crippen LogP contribution in [0.2, 0.25) is 0 Å². The van der Waals surface area contributed by atoms with E-state index in [0.29, 0.717) is 12.8 Å². The molecule has 2 heterocycles. The fourth-order valence-corrected chi connectivity index (χ4v) is 6.30. The van der Waals surface area contributed by atoms with Crippen LogP contribution < -0.4 is 0 Å². The van der Waals surface area contributed by atoms with Gasteiger partial charge in [0.2, 0.25) is 0 Å². The van der Waals surface area contributed by atoms with Crippen molar-refractivity contribution in [2.45, 2.75) is 199 Å². The largest absolute Gasteiger partial charge is 0.454 e. The Hall–Kier alpha value is -1.63. The molecule has 0 aromatic carbocycles. The number of aliphatic hydroxyl groups is 1. The van der Waals surface area contributed by atoms with E-state index >= 15 is 0 Å². The van der Waals surface area contributed by atoms with Crippen molar-refractivity contribution in [3.63, 3.8) is 0 Å². The summed E-state index contributed by atoms with van der Waals surface area (Å²) in [5.41, 5.74) is -2.23. The Labute approximate surface area is 256 Å². The minimum atomic E-state index is -2.23.